The fraction of sp³-hybridized carbons (Fsp3) is 0.714. The van der Waals surface area contributed by atoms with Gasteiger partial charge in [-0.1, -0.05) is 25.4 Å². The van der Waals surface area contributed by atoms with Gasteiger partial charge in [0.1, 0.15) is 0 Å². The van der Waals surface area contributed by atoms with Gasteiger partial charge in [-0.3, -0.25) is 4.90 Å². The number of hydrogen-bond acceptors (Lipinski definition) is 3. The second-order valence-electron chi connectivity index (χ2n) is 5.64. The van der Waals surface area contributed by atoms with Crippen LogP contribution >= 0.6 is 22.9 Å². The molecule has 0 amide bonds. The van der Waals surface area contributed by atoms with Gasteiger partial charge >= 0.3 is 0 Å². The summed E-state index contributed by atoms with van der Waals surface area (Å²) in [4.78, 5) is 3.90. The molecule has 0 radical (unpaired) electrons. The second-order valence-corrected chi connectivity index (χ2v) is 7.38. The van der Waals surface area contributed by atoms with Crippen molar-refractivity contribution < 1.29 is 0 Å². The molecule has 0 aliphatic carbocycles. The molecule has 1 fully saturated rings. The summed E-state index contributed by atoms with van der Waals surface area (Å²) in [5.41, 5.74) is 6.24. The van der Waals surface area contributed by atoms with Crippen LogP contribution < -0.4 is 5.73 Å². The highest BCUT2D eigenvalue weighted by Gasteiger charge is 2.35. The molecule has 1 aliphatic heterocycles. The highest BCUT2D eigenvalue weighted by atomic mass is 35.5. The Morgan fingerprint density at radius 2 is 2.11 bits per heavy atom. The monoisotopic (exact) mass is 286 g/mol. The van der Waals surface area contributed by atoms with E-state index >= 15 is 0 Å². The third-order valence-electron chi connectivity index (χ3n) is 3.85. The first-order chi connectivity index (χ1) is 8.50. The molecule has 0 saturated carbocycles. The van der Waals surface area contributed by atoms with E-state index in [9.17, 15) is 0 Å². The van der Waals surface area contributed by atoms with Gasteiger partial charge in [0.15, 0.2) is 0 Å². The van der Waals surface area contributed by atoms with Crippen LogP contribution in [-0.2, 0) is 0 Å². The van der Waals surface area contributed by atoms with Crippen molar-refractivity contribution in [3.8, 4) is 0 Å². The zero-order valence-corrected chi connectivity index (χ0v) is 13.0. The van der Waals surface area contributed by atoms with E-state index in [0.717, 1.165) is 10.9 Å². The molecule has 3 unspecified atom stereocenters. The van der Waals surface area contributed by atoms with Crippen molar-refractivity contribution in [2.45, 2.75) is 51.7 Å². The summed E-state index contributed by atoms with van der Waals surface area (Å²) in [5.74, 6) is 0.684. The molecular weight excluding hydrogens is 264 g/mol. The minimum atomic E-state index is 0.138. The zero-order valence-electron chi connectivity index (χ0n) is 11.4. The molecular formula is C14H23ClN2S. The van der Waals surface area contributed by atoms with Gasteiger partial charge in [-0.15, -0.1) is 11.3 Å². The minimum absolute atomic E-state index is 0.138. The lowest BCUT2D eigenvalue weighted by molar-refractivity contribution is 0.132. The van der Waals surface area contributed by atoms with Gasteiger partial charge in [-0.2, -0.15) is 0 Å². The maximum absolute atomic E-state index is 6.24. The first kappa shape index (κ1) is 14.3. The summed E-state index contributed by atoms with van der Waals surface area (Å²) >= 11 is 7.74. The SMILES string of the molecule is CC(C)C1CCCN1C(c1ccc(Cl)s1)C(C)N. The summed E-state index contributed by atoms with van der Waals surface area (Å²) in [5, 5.41) is 0. The van der Waals surface area contributed by atoms with Crippen LogP contribution in [0.3, 0.4) is 0 Å². The van der Waals surface area contributed by atoms with Crippen molar-refractivity contribution in [2.24, 2.45) is 11.7 Å². The van der Waals surface area contributed by atoms with E-state index < -0.39 is 0 Å². The maximum Gasteiger partial charge on any atom is 0.0931 e. The van der Waals surface area contributed by atoms with Crippen molar-refractivity contribution in [3.63, 3.8) is 0 Å². The summed E-state index contributed by atoms with van der Waals surface area (Å²) < 4.78 is 0.857. The van der Waals surface area contributed by atoms with E-state index in [4.69, 9.17) is 17.3 Å². The second kappa shape index (κ2) is 5.91. The van der Waals surface area contributed by atoms with E-state index in [1.165, 1.54) is 17.7 Å². The summed E-state index contributed by atoms with van der Waals surface area (Å²) in [6, 6.07) is 5.23. The first-order valence-corrected chi connectivity index (χ1v) is 7.96. The van der Waals surface area contributed by atoms with E-state index in [1.807, 2.05) is 6.07 Å². The zero-order chi connectivity index (χ0) is 13.3. The Kier molecular flexibility index (Phi) is 4.70. The molecule has 1 aliphatic rings. The molecule has 1 aromatic heterocycles. The van der Waals surface area contributed by atoms with Gasteiger partial charge < -0.3 is 5.73 Å². The highest BCUT2D eigenvalue weighted by Crippen LogP contribution is 2.38. The van der Waals surface area contributed by atoms with E-state index in [1.54, 1.807) is 11.3 Å². The van der Waals surface area contributed by atoms with E-state index in [0.29, 0.717) is 18.0 Å². The van der Waals surface area contributed by atoms with Gasteiger partial charge in [0.25, 0.3) is 0 Å². The molecule has 0 bridgehead atoms. The Labute approximate surface area is 119 Å². The smallest absolute Gasteiger partial charge is 0.0931 e. The van der Waals surface area contributed by atoms with Crippen molar-refractivity contribution in [1.82, 2.24) is 4.90 Å². The Hall–Kier alpha value is -0.0900. The third-order valence-corrected chi connectivity index (χ3v) is 5.15. The number of nitrogens with zero attached hydrogens (tertiary/aromatic N) is 1. The van der Waals surface area contributed by atoms with Crippen LogP contribution in [0.4, 0.5) is 0 Å². The maximum atomic E-state index is 6.24. The topological polar surface area (TPSA) is 29.3 Å². The largest absolute Gasteiger partial charge is 0.326 e. The number of hydrogen-bond donors (Lipinski definition) is 1. The molecule has 2 N–H and O–H groups in total. The predicted octanol–water partition coefficient (Wildman–Crippen LogP) is 3.91. The van der Waals surface area contributed by atoms with Crippen molar-refractivity contribution in [3.05, 3.63) is 21.3 Å². The minimum Gasteiger partial charge on any atom is -0.326 e. The molecule has 1 saturated heterocycles. The highest BCUT2D eigenvalue weighted by molar-refractivity contribution is 7.16. The average molecular weight is 287 g/mol. The van der Waals surface area contributed by atoms with Gasteiger partial charge in [0.2, 0.25) is 0 Å². The van der Waals surface area contributed by atoms with Crippen LogP contribution in [0, 0.1) is 5.92 Å². The number of thiophene rings is 1. The Balaban J connectivity index is 2.25. The van der Waals surface area contributed by atoms with Crippen molar-refractivity contribution in [1.29, 1.82) is 0 Å². The van der Waals surface area contributed by atoms with Crippen LogP contribution in [0.1, 0.15) is 44.5 Å². The van der Waals surface area contributed by atoms with Crippen molar-refractivity contribution >= 4 is 22.9 Å². The number of halogens is 1. The molecule has 18 heavy (non-hydrogen) atoms. The number of nitrogens with two attached hydrogens (primary N) is 1. The molecule has 2 rings (SSSR count). The third kappa shape index (κ3) is 2.90. The Morgan fingerprint density at radius 3 is 2.61 bits per heavy atom. The van der Waals surface area contributed by atoms with Gasteiger partial charge in [0, 0.05) is 17.0 Å². The lowest BCUT2D eigenvalue weighted by Crippen LogP contribution is -2.43. The van der Waals surface area contributed by atoms with Crippen LogP contribution in [0.5, 0.6) is 0 Å². The quantitative estimate of drug-likeness (QED) is 0.909. The summed E-state index contributed by atoms with van der Waals surface area (Å²) in [7, 11) is 0. The lowest BCUT2D eigenvalue weighted by Gasteiger charge is -2.36. The van der Waals surface area contributed by atoms with Gasteiger partial charge in [0.05, 0.1) is 10.4 Å². The van der Waals surface area contributed by atoms with Crippen LogP contribution in [-0.4, -0.2) is 23.5 Å². The Bertz CT molecular complexity index is 389. The first-order valence-electron chi connectivity index (χ1n) is 6.77. The molecule has 2 heterocycles. The van der Waals surface area contributed by atoms with Crippen LogP contribution in [0.2, 0.25) is 4.34 Å². The predicted molar refractivity (Wildman–Crippen MR) is 80.3 cm³/mol. The average Bonchev–Trinajstić information content (AvgIpc) is 2.88. The summed E-state index contributed by atoms with van der Waals surface area (Å²) in [6.45, 7) is 7.88. The number of likely N-dealkylation sites (tertiary alicyclic amines) is 1. The molecule has 0 spiro atoms. The standard InChI is InChI=1S/C14H23ClN2S/c1-9(2)11-5-4-8-17(11)14(10(3)16)12-6-7-13(15)18-12/h6-7,9-11,14H,4-5,8,16H2,1-3H3. The molecule has 4 heteroatoms. The lowest BCUT2D eigenvalue weighted by atomic mass is 9.98. The molecule has 1 aromatic rings. The molecule has 2 nitrogen and oxygen atoms in total. The van der Waals surface area contributed by atoms with Crippen LogP contribution in [0.25, 0.3) is 0 Å². The molecule has 0 aromatic carbocycles. The van der Waals surface area contributed by atoms with E-state index in [-0.39, 0.29) is 6.04 Å². The fourth-order valence-corrected chi connectivity index (χ4v) is 4.39. The number of rotatable bonds is 4. The molecule has 102 valence electrons. The van der Waals surface area contributed by atoms with Crippen molar-refractivity contribution in [2.75, 3.05) is 6.54 Å². The summed E-state index contributed by atoms with van der Waals surface area (Å²) in [6.07, 6.45) is 2.57. The van der Waals surface area contributed by atoms with Crippen LogP contribution in [0.15, 0.2) is 12.1 Å². The Morgan fingerprint density at radius 1 is 1.39 bits per heavy atom. The van der Waals surface area contributed by atoms with Gasteiger partial charge in [-0.25, -0.2) is 0 Å². The fourth-order valence-electron chi connectivity index (χ4n) is 3.09. The normalized spacial score (nSPS) is 24.7. The molecule has 3 atom stereocenters. The van der Waals surface area contributed by atoms with Gasteiger partial charge in [-0.05, 0) is 44.4 Å². The van der Waals surface area contributed by atoms with E-state index in [2.05, 4.69) is 31.7 Å².